The Kier molecular flexibility index (Phi) is 6.68. The molecule has 1 heterocycles. The highest BCUT2D eigenvalue weighted by atomic mass is 19.1. The van der Waals surface area contributed by atoms with Gasteiger partial charge >= 0.3 is 0 Å². The van der Waals surface area contributed by atoms with Gasteiger partial charge in [0.2, 0.25) is 0 Å². The summed E-state index contributed by atoms with van der Waals surface area (Å²) in [6, 6.07) is 16.4. The van der Waals surface area contributed by atoms with E-state index in [1.54, 1.807) is 26.2 Å². The number of nitrogens with zero attached hydrogens (tertiary/aromatic N) is 1. The molecule has 0 spiro atoms. The largest absolute Gasteiger partial charge is 0.493 e. The minimum atomic E-state index is -0.393. The molecule has 0 bridgehead atoms. The van der Waals surface area contributed by atoms with E-state index in [2.05, 4.69) is 0 Å². The third kappa shape index (κ3) is 4.58. The highest BCUT2D eigenvalue weighted by Crippen LogP contribution is 2.39. The summed E-state index contributed by atoms with van der Waals surface area (Å²) in [5.41, 5.74) is 2.40. The number of amides is 1. The predicted molar refractivity (Wildman–Crippen MR) is 122 cm³/mol. The van der Waals surface area contributed by atoms with E-state index < -0.39 is 6.04 Å². The highest BCUT2D eigenvalue weighted by Gasteiger charge is 2.33. The molecule has 0 saturated carbocycles. The van der Waals surface area contributed by atoms with Crippen LogP contribution in [0.25, 0.3) is 0 Å². The lowest BCUT2D eigenvalue weighted by atomic mass is 9.91. The van der Waals surface area contributed by atoms with Gasteiger partial charge in [-0.1, -0.05) is 12.1 Å². The fourth-order valence-corrected chi connectivity index (χ4v) is 4.12. The van der Waals surface area contributed by atoms with E-state index in [1.807, 2.05) is 36.4 Å². The van der Waals surface area contributed by atoms with Crippen molar-refractivity contribution in [3.8, 4) is 23.0 Å². The number of halogens is 1. The second-order valence-electron chi connectivity index (χ2n) is 7.64. The first-order chi connectivity index (χ1) is 16.0. The lowest BCUT2D eigenvalue weighted by Gasteiger charge is -2.37. The second kappa shape index (κ2) is 9.81. The molecule has 1 aliphatic heterocycles. The average molecular weight is 451 g/mol. The molecule has 3 aromatic rings. The van der Waals surface area contributed by atoms with Gasteiger partial charge in [0.15, 0.2) is 23.0 Å². The lowest BCUT2D eigenvalue weighted by Crippen LogP contribution is -2.42. The van der Waals surface area contributed by atoms with Gasteiger partial charge in [0.1, 0.15) is 12.4 Å². The highest BCUT2D eigenvalue weighted by molar-refractivity contribution is 5.94. The van der Waals surface area contributed by atoms with Crippen LogP contribution in [0.15, 0.2) is 60.7 Å². The van der Waals surface area contributed by atoms with Crippen LogP contribution in [0.3, 0.4) is 0 Å². The van der Waals surface area contributed by atoms with Crippen LogP contribution >= 0.6 is 0 Å². The van der Waals surface area contributed by atoms with E-state index in [9.17, 15) is 9.18 Å². The number of carbonyl (C=O) groups excluding carboxylic acids is 1. The molecule has 0 N–H and O–H groups in total. The first-order valence-electron chi connectivity index (χ1n) is 10.6. The Bertz CT molecular complexity index is 1130. The number of hydrogen-bond acceptors (Lipinski definition) is 5. The van der Waals surface area contributed by atoms with E-state index in [0.717, 1.165) is 11.1 Å². The van der Waals surface area contributed by atoms with E-state index in [0.29, 0.717) is 41.5 Å². The summed E-state index contributed by atoms with van der Waals surface area (Å²) in [6.07, 6.45) is 0.647. The van der Waals surface area contributed by atoms with Gasteiger partial charge in [-0.2, -0.15) is 0 Å². The number of methoxy groups -OCH3 is 3. The monoisotopic (exact) mass is 451 g/mol. The standard InChI is InChI=1S/C26H26FNO5/c1-30-22-6-4-5-7-23(22)33-16-21-20-15-25(32-3)24(31-2)14-18(20)12-13-28(21)26(29)17-8-10-19(27)11-9-17/h4-11,14-15,21H,12-13,16H2,1-3H3/t21-/m0/s1. The van der Waals surface area contributed by atoms with Crippen molar-refractivity contribution in [2.45, 2.75) is 12.5 Å². The molecule has 172 valence electrons. The number of rotatable bonds is 7. The number of fused-ring (bicyclic) bond motifs is 1. The molecule has 33 heavy (non-hydrogen) atoms. The Hall–Kier alpha value is -3.74. The van der Waals surface area contributed by atoms with Crippen molar-refractivity contribution in [1.82, 2.24) is 4.90 Å². The summed E-state index contributed by atoms with van der Waals surface area (Å²) >= 11 is 0. The lowest BCUT2D eigenvalue weighted by molar-refractivity contribution is 0.0587. The number of ether oxygens (including phenoxy) is 4. The fraction of sp³-hybridized carbons (Fsp3) is 0.269. The van der Waals surface area contributed by atoms with Crippen LogP contribution in [0.4, 0.5) is 4.39 Å². The zero-order chi connectivity index (χ0) is 23.4. The zero-order valence-electron chi connectivity index (χ0n) is 18.8. The SMILES string of the molecule is COc1cc2c(cc1OC)[C@H](COc1ccccc1OC)N(C(=O)c1ccc(F)cc1)CC2. The van der Waals surface area contributed by atoms with Crippen molar-refractivity contribution in [2.75, 3.05) is 34.5 Å². The first-order valence-corrected chi connectivity index (χ1v) is 10.6. The van der Waals surface area contributed by atoms with Crippen molar-refractivity contribution >= 4 is 5.91 Å². The summed E-state index contributed by atoms with van der Waals surface area (Å²) < 4.78 is 35.9. The van der Waals surface area contributed by atoms with E-state index >= 15 is 0 Å². The molecule has 0 unspecified atom stereocenters. The number of benzene rings is 3. The van der Waals surface area contributed by atoms with Gasteiger partial charge in [-0.15, -0.1) is 0 Å². The Morgan fingerprint density at radius 1 is 0.909 bits per heavy atom. The maximum absolute atomic E-state index is 13.4. The first kappa shape index (κ1) is 22.5. The maximum atomic E-state index is 13.4. The molecule has 6 nitrogen and oxygen atoms in total. The van der Waals surface area contributed by atoms with E-state index in [4.69, 9.17) is 18.9 Å². The Morgan fingerprint density at radius 2 is 1.55 bits per heavy atom. The summed E-state index contributed by atoms with van der Waals surface area (Å²) in [5.74, 6) is 1.83. The predicted octanol–water partition coefficient (Wildman–Crippen LogP) is 4.67. The average Bonchev–Trinajstić information content (AvgIpc) is 2.86. The molecule has 0 aromatic heterocycles. The molecule has 4 rings (SSSR count). The third-order valence-corrected chi connectivity index (χ3v) is 5.82. The number of hydrogen-bond donors (Lipinski definition) is 0. The van der Waals surface area contributed by atoms with Crippen LogP contribution in [-0.4, -0.2) is 45.3 Å². The van der Waals surface area contributed by atoms with E-state index in [-0.39, 0.29) is 18.3 Å². The molecule has 0 radical (unpaired) electrons. The second-order valence-corrected chi connectivity index (χ2v) is 7.64. The zero-order valence-corrected chi connectivity index (χ0v) is 18.8. The van der Waals surface area contributed by atoms with Crippen LogP contribution in [0, 0.1) is 5.82 Å². The van der Waals surface area contributed by atoms with Crippen LogP contribution in [0.1, 0.15) is 27.5 Å². The maximum Gasteiger partial charge on any atom is 0.254 e. The minimum absolute atomic E-state index is 0.191. The fourth-order valence-electron chi connectivity index (χ4n) is 4.12. The van der Waals surface area contributed by atoms with Gasteiger partial charge in [-0.05, 0) is 66.1 Å². The molecular formula is C26H26FNO5. The molecule has 0 aliphatic carbocycles. The molecule has 3 aromatic carbocycles. The summed E-state index contributed by atoms with van der Waals surface area (Å²) in [4.78, 5) is 15.2. The van der Waals surface area contributed by atoms with Crippen molar-refractivity contribution < 1.29 is 28.1 Å². The van der Waals surface area contributed by atoms with Gasteiger partial charge in [0.05, 0.1) is 27.4 Å². The number of para-hydroxylation sites is 2. The smallest absolute Gasteiger partial charge is 0.254 e. The van der Waals surface area contributed by atoms with Crippen molar-refractivity contribution in [2.24, 2.45) is 0 Å². The van der Waals surface area contributed by atoms with Gasteiger partial charge in [0, 0.05) is 12.1 Å². The van der Waals surface area contributed by atoms with Gasteiger partial charge in [-0.25, -0.2) is 4.39 Å². The van der Waals surface area contributed by atoms with Crippen molar-refractivity contribution in [3.63, 3.8) is 0 Å². The van der Waals surface area contributed by atoms with Crippen molar-refractivity contribution in [1.29, 1.82) is 0 Å². The summed E-state index contributed by atoms with van der Waals surface area (Å²) in [6.45, 7) is 0.689. The van der Waals surface area contributed by atoms with Crippen molar-refractivity contribution in [3.05, 3.63) is 83.2 Å². The van der Waals surface area contributed by atoms with Crippen LogP contribution < -0.4 is 18.9 Å². The quantitative estimate of drug-likeness (QED) is 0.523. The molecule has 1 amide bonds. The number of carbonyl (C=O) groups is 1. The van der Waals surface area contributed by atoms with Crippen LogP contribution in [0.5, 0.6) is 23.0 Å². The van der Waals surface area contributed by atoms with Crippen LogP contribution in [-0.2, 0) is 6.42 Å². The summed E-state index contributed by atoms with van der Waals surface area (Å²) in [5, 5.41) is 0. The molecule has 1 atom stereocenters. The van der Waals surface area contributed by atoms with Crippen LogP contribution in [0.2, 0.25) is 0 Å². The normalized spacial score (nSPS) is 14.9. The molecule has 0 fully saturated rings. The van der Waals surface area contributed by atoms with Gasteiger partial charge < -0.3 is 23.8 Å². The summed E-state index contributed by atoms with van der Waals surface area (Å²) in [7, 11) is 4.76. The Balaban J connectivity index is 1.71. The molecule has 1 aliphatic rings. The topological polar surface area (TPSA) is 57.2 Å². The van der Waals surface area contributed by atoms with Gasteiger partial charge in [0.25, 0.3) is 5.91 Å². The van der Waals surface area contributed by atoms with Gasteiger partial charge in [-0.3, -0.25) is 4.79 Å². The molecule has 7 heteroatoms. The van der Waals surface area contributed by atoms with E-state index in [1.165, 1.54) is 24.3 Å². The minimum Gasteiger partial charge on any atom is -0.493 e. The Morgan fingerprint density at radius 3 is 2.21 bits per heavy atom. The third-order valence-electron chi connectivity index (χ3n) is 5.82. The molecular weight excluding hydrogens is 425 g/mol. The Labute approximate surface area is 192 Å². The molecule has 0 saturated heterocycles.